The number of nitrogens with zero attached hydrogens (tertiary/aromatic N) is 3. The van der Waals surface area contributed by atoms with Crippen LogP contribution in [0.3, 0.4) is 0 Å². The van der Waals surface area contributed by atoms with Crippen LogP contribution in [0.25, 0.3) is 11.4 Å². The Labute approximate surface area is 183 Å². The van der Waals surface area contributed by atoms with Crippen LogP contribution in [0.4, 0.5) is 10.1 Å². The first-order valence-electron chi connectivity index (χ1n) is 9.70. The van der Waals surface area contributed by atoms with Crippen LogP contribution in [-0.2, 0) is 14.8 Å². The van der Waals surface area contributed by atoms with Crippen molar-refractivity contribution in [3.8, 4) is 11.4 Å². The van der Waals surface area contributed by atoms with Crippen LogP contribution in [0.5, 0.6) is 0 Å². The molecule has 3 heterocycles. The quantitative estimate of drug-likeness (QED) is 0.619. The van der Waals surface area contributed by atoms with Crippen molar-refractivity contribution in [3.05, 3.63) is 46.9 Å². The van der Waals surface area contributed by atoms with E-state index in [1.807, 2.05) is 0 Å². The number of thiophene rings is 1. The summed E-state index contributed by atoms with van der Waals surface area (Å²) >= 11 is 1.10. The van der Waals surface area contributed by atoms with Crippen molar-refractivity contribution in [2.45, 2.75) is 30.9 Å². The summed E-state index contributed by atoms with van der Waals surface area (Å²) in [5.41, 5.74) is 1.48. The molecule has 0 spiro atoms. The molecule has 0 aliphatic carbocycles. The summed E-state index contributed by atoms with van der Waals surface area (Å²) in [5, 5.41) is 8.21. The molecule has 2 aromatic heterocycles. The molecular weight excluding hydrogens is 443 g/mol. The Morgan fingerprint density at radius 1 is 1.26 bits per heavy atom. The highest BCUT2D eigenvalue weighted by Crippen LogP contribution is 2.31. The minimum absolute atomic E-state index is 0.197. The van der Waals surface area contributed by atoms with Crippen LogP contribution in [0, 0.1) is 25.6 Å². The minimum Gasteiger partial charge on any atom is -0.339 e. The number of hydrogen-bond donors (Lipinski definition) is 1. The Bertz CT molecular complexity index is 1210. The number of benzene rings is 1. The molecule has 8 nitrogen and oxygen atoms in total. The molecule has 1 saturated heterocycles. The standard InChI is InChI=1S/C20H21FN4O4S2/c1-12-3-4-16(10-17(12)21)23-20(26)14-5-7-25(8-6-14)31(27,28)18-9-15(11-30-18)19-22-13(2)29-24-19/h3-4,9-11,14H,5-8H2,1-2H3,(H,23,26). The number of carbonyl (C=O) groups is 1. The number of carbonyl (C=O) groups excluding carboxylic acids is 1. The van der Waals surface area contributed by atoms with E-state index in [0.717, 1.165) is 11.3 Å². The third-order valence-corrected chi connectivity index (χ3v) is 8.53. The van der Waals surface area contributed by atoms with E-state index in [2.05, 4.69) is 15.5 Å². The molecule has 0 radical (unpaired) electrons. The molecule has 1 aromatic carbocycles. The van der Waals surface area contributed by atoms with Gasteiger partial charge in [0, 0.05) is 42.6 Å². The largest absolute Gasteiger partial charge is 0.339 e. The lowest BCUT2D eigenvalue weighted by molar-refractivity contribution is -0.120. The number of aryl methyl sites for hydroxylation is 2. The molecule has 31 heavy (non-hydrogen) atoms. The van der Waals surface area contributed by atoms with Gasteiger partial charge in [-0.05, 0) is 43.5 Å². The van der Waals surface area contributed by atoms with Crippen molar-refractivity contribution < 1.29 is 22.1 Å². The Morgan fingerprint density at radius 3 is 2.65 bits per heavy atom. The van der Waals surface area contributed by atoms with Crippen LogP contribution >= 0.6 is 11.3 Å². The number of anilines is 1. The van der Waals surface area contributed by atoms with Gasteiger partial charge in [0.05, 0.1) is 0 Å². The van der Waals surface area contributed by atoms with Gasteiger partial charge in [0.25, 0.3) is 10.0 Å². The summed E-state index contributed by atoms with van der Waals surface area (Å²) in [6.07, 6.45) is 0.781. The normalized spacial score (nSPS) is 15.8. The number of aromatic nitrogens is 2. The smallest absolute Gasteiger partial charge is 0.252 e. The van der Waals surface area contributed by atoms with E-state index in [0.29, 0.717) is 41.4 Å². The average Bonchev–Trinajstić information content (AvgIpc) is 3.40. The maximum atomic E-state index is 13.7. The molecule has 1 aliphatic rings. The van der Waals surface area contributed by atoms with Gasteiger partial charge in [-0.25, -0.2) is 12.8 Å². The highest BCUT2D eigenvalue weighted by molar-refractivity contribution is 7.91. The summed E-state index contributed by atoms with van der Waals surface area (Å²) in [6, 6.07) is 6.07. The van der Waals surface area contributed by atoms with Gasteiger partial charge in [-0.3, -0.25) is 4.79 Å². The second-order valence-corrected chi connectivity index (χ2v) is 10.5. The van der Waals surface area contributed by atoms with E-state index in [4.69, 9.17) is 4.52 Å². The first kappa shape index (κ1) is 21.6. The second kappa shape index (κ2) is 8.48. The Balaban J connectivity index is 1.39. The van der Waals surface area contributed by atoms with Gasteiger partial charge in [0.2, 0.25) is 17.6 Å². The van der Waals surface area contributed by atoms with Crippen molar-refractivity contribution in [1.29, 1.82) is 0 Å². The van der Waals surface area contributed by atoms with E-state index in [-0.39, 0.29) is 34.9 Å². The number of rotatable bonds is 5. The van der Waals surface area contributed by atoms with Gasteiger partial charge in [0.15, 0.2) is 0 Å². The van der Waals surface area contributed by atoms with Crippen molar-refractivity contribution in [3.63, 3.8) is 0 Å². The second-order valence-electron chi connectivity index (χ2n) is 7.42. The summed E-state index contributed by atoms with van der Waals surface area (Å²) in [6.45, 7) is 3.78. The maximum absolute atomic E-state index is 13.7. The lowest BCUT2D eigenvalue weighted by Crippen LogP contribution is -2.41. The van der Waals surface area contributed by atoms with E-state index in [1.165, 1.54) is 16.4 Å². The van der Waals surface area contributed by atoms with Crippen molar-refractivity contribution in [2.75, 3.05) is 18.4 Å². The molecule has 11 heteroatoms. The van der Waals surface area contributed by atoms with Gasteiger partial charge < -0.3 is 9.84 Å². The zero-order valence-electron chi connectivity index (χ0n) is 17.0. The maximum Gasteiger partial charge on any atom is 0.252 e. The third kappa shape index (κ3) is 4.53. The van der Waals surface area contributed by atoms with Crippen molar-refractivity contribution >= 4 is 33.0 Å². The lowest BCUT2D eigenvalue weighted by Gasteiger charge is -2.30. The summed E-state index contributed by atoms with van der Waals surface area (Å²) in [4.78, 5) is 16.6. The fraction of sp³-hybridized carbons (Fsp3) is 0.350. The van der Waals surface area contributed by atoms with Crippen LogP contribution in [0.15, 0.2) is 38.4 Å². The highest BCUT2D eigenvalue weighted by Gasteiger charge is 2.33. The van der Waals surface area contributed by atoms with Gasteiger partial charge in [0.1, 0.15) is 10.0 Å². The zero-order valence-corrected chi connectivity index (χ0v) is 18.6. The number of amides is 1. The van der Waals surface area contributed by atoms with Gasteiger partial charge >= 0.3 is 0 Å². The van der Waals surface area contributed by atoms with Gasteiger partial charge in [-0.15, -0.1) is 11.3 Å². The SMILES string of the molecule is Cc1nc(-c2csc(S(=O)(=O)N3CCC(C(=O)Nc4ccc(C)c(F)c4)CC3)c2)no1. The molecule has 0 saturated carbocycles. The van der Waals surface area contributed by atoms with Crippen LogP contribution in [-0.4, -0.2) is 41.9 Å². The topological polar surface area (TPSA) is 105 Å². The first-order chi connectivity index (χ1) is 14.7. The zero-order chi connectivity index (χ0) is 22.2. The molecule has 1 N–H and O–H groups in total. The number of sulfonamides is 1. The van der Waals surface area contributed by atoms with E-state index < -0.39 is 10.0 Å². The summed E-state index contributed by atoms with van der Waals surface area (Å²) in [5.74, 6) is -0.203. The molecule has 1 fully saturated rings. The molecular formula is C20H21FN4O4S2. The first-order valence-corrected chi connectivity index (χ1v) is 12.0. The number of nitrogens with one attached hydrogen (secondary N) is 1. The molecule has 0 unspecified atom stereocenters. The predicted molar refractivity (Wildman–Crippen MR) is 114 cm³/mol. The Hall–Kier alpha value is -2.63. The molecule has 4 rings (SSSR count). The molecule has 1 amide bonds. The molecule has 0 bridgehead atoms. The van der Waals surface area contributed by atoms with Crippen molar-refractivity contribution in [2.24, 2.45) is 5.92 Å². The van der Waals surface area contributed by atoms with Gasteiger partial charge in [-0.2, -0.15) is 9.29 Å². The van der Waals surface area contributed by atoms with Gasteiger partial charge in [-0.1, -0.05) is 11.2 Å². The van der Waals surface area contributed by atoms with E-state index in [1.54, 1.807) is 31.4 Å². The van der Waals surface area contributed by atoms with Crippen molar-refractivity contribution in [1.82, 2.24) is 14.4 Å². The predicted octanol–water partition coefficient (Wildman–Crippen LogP) is 3.59. The Kier molecular flexibility index (Phi) is 5.91. The molecule has 3 aromatic rings. The Morgan fingerprint density at radius 2 is 2.00 bits per heavy atom. The number of piperidine rings is 1. The molecule has 164 valence electrons. The molecule has 1 aliphatic heterocycles. The summed E-state index contributed by atoms with van der Waals surface area (Å²) < 4.78 is 46.2. The summed E-state index contributed by atoms with van der Waals surface area (Å²) in [7, 11) is -3.68. The minimum atomic E-state index is -3.68. The number of hydrogen-bond acceptors (Lipinski definition) is 7. The fourth-order valence-corrected chi connectivity index (χ4v) is 6.17. The van der Waals surface area contributed by atoms with Crippen LogP contribution in [0.2, 0.25) is 0 Å². The van der Waals surface area contributed by atoms with E-state index >= 15 is 0 Å². The van der Waals surface area contributed by atoms with E-state index in [9.17, 15) is 17.6 Å². The fourth-order valence-electron chi connectivity index (χ4n) is 3.39. The van der Waals surface area contributed by atoms with Crippen LogP contribution in [0.1, 0.15) is 24.3 Å². The monoisotopic (exact) mass is 464 g/mol. The number of halogens is 1. The van der Waals surface area contributed by atoms with Crippen LogP contribution < -0.4 is 5.32 Å². The average molecular weight is 465 g/mol. The highest BCUT2D eigenvalue weighted by atomic mass is 32.2. The lowest BCUT2D eigenvalue weighted by atomic mass is 9.97. The molecule has 0 atom stereocenters. The third-order valence-electron chi connectivity index (χ3n) is 5.22.